The first kappa shape index (κ1) is 36.6. The first-order chi connectivity index (χ1) is 26.2. The van der Waals surface area contributed by atoms with Gasteiger partial charge >= 0.3 is 6.09 Å². The topological polar surface area (TPSA) is 151 Å². The number of nitrogens with zero attached hydrogens (tertiary/aromatic N) is 5. The molecule has 0 radical (unpaired) electrons. The Labute approximate surface area is 315 Å². The standard InChI is InChI=1S/C42H48N8O4/c1-4-48(5-2)27(3)40(51)49-23-9-13-35(49)38-43-25-33(45-38)30-19-15-28(16-20-30)29-17-21-31(22-18-29)34-26-44-39(46-34)36-14-10-24-50(36)41(52)37(47-42(53)54)32-11-7-6-8-12-32/h6-8,11-12,15-22,25-27,35-37,47H,4-5,9-10,13-14,23-24H2,1-3H3,(H,43,45)(H,44,46)(H,53,54)/t27-,35+,36+,37-/m1/s1. The molecule has 0 bridgehead atoms. The van der Waals surface area contributed by atoms with Crippen molar-refractivity contribution < 1.29 is 19.5 Å². The number of hydrogen-bond acceptors (Lipinski definition) is 6. The fraction of sp³-hybridized carbons (Fsp3) is 0.357. The Balaban J connectivity index is 1.01. The third kappa shape index (κ3) is 7.52. The number of carboxylic acid groups (broad SMARTS) is 1. The molecule has 4 heterocycles. The largest absolute Gasteiger partial charge is 0.465 e. The van der Waals surface area contributed by atoms with E-state index in [0.29, 0.717) is 17.9 Å². The molecule has 0 spiro atoms. The van der Waals surface area contributed by atoms with Crippen LogP contribution in [0.4, 0.5) is 4.79 Å². The highest BCUT2D eigenvalue weighted by atomic mass is 16.4. The molecule has 4 atom stereocenters. The average Bonchev–Trinajstić information content (AvgIpc) is 4.04. The summed E-state index contributed by atoms with van der Waals surface area (Å²) in [5.74, 6) is 1.39. The molecule has 280 valence electrons. The lowest BCUT2D eigenvalue weighted by Gasteiger charge is -2.31. The number of benzene rings is 3. The Morgan fingerprint density at radius 2 is 1.20 bits per heavy atom. The summed E-state index contributed by atoms with van der Waals surface area (Å²) < 4.78 is 0. The van der Waals surface area contributed by atoms with Gasteiger partial charge in [0.15, 0.2) is 0 Å². The van der Waals surface area contributed by atoms with Crippen LogP contribution in [0.1, 0.15) is 81.8 Å². The zero-order chi connectivity index (χ0) is 37.8. The van der Waals surface area contributed by atoms with Crippen LogP contribution < -0.4 is 5.32 Å². The van der Waals surface area contributed by atoms with Crippen molar-refractivity contribution in [1.29, 1.82) is 0 Å². The number of H-pyrrole nitrogens is 2. The zero-order valence-corrected chi connectivity index (χ0v) is 31.0. The van der Waals surface area contributed by atoms with E-state index in [2.05, 4.69) is 87.5 Å². The number of imidazole rings is 2. The molecule has 12 heteroatoms. The van der Waals surface area contributed by atoms with E-state index >= 15 is 0 Å². The van der Waals surface area contributed by atoms with Crippen LogP contribution in [0.3, 0.4) is 0 Å². The first-order valence-corrected chi connectivity index (χ1v) is 19.0. The van der Waals surface area contributed by atoms with Gasteiger partial charge in [-0.1, -0.05) is 92.7 Å². The normalized spacial score (nSPS) is 18.2. The van der Waals surface area contributed by atoms with Crippen LogP contribution in [0.5, 0.6) is 0 Å². The van der Waals surface area contributed by atoms with Crippen molar-refractivity contribution in [2.75, 3.05) is 26.2 Å². The molecule has 3 amide bonds. The number of hydrogen-bond donors (Lipinski definition) is 4. The highest BCUT2D eigenvalue weighted by molar-refractivity contribution is 5.87. The van der Waals surface area contributed by atoms with Gasteiger partial charge in [-0.15, -0.1) is 0 Å². The van der Waals surface area contributed by atoms with E-state index in [1.165, 1.54) is 0 Å². The van der Waals surface area contributed by atoms with Crippen LogP contribution in [0, 0.1) is 0 Å². The Bertz CT molecular complexity index is 2060. The number of rotatable bonds is 12. The van der Waals surface area contributed by atoms with E-state index < -0.39 is 12.1 Å². The molecule has 2 aliphatic rings. The van der Waals surface area contributed by atoms with Gasteiger partial charge in [0.1, 0.15) is 17.7 Å². The minimum atomic E-state index is -1.25. The smallest absolute Gasteiger partial charge is 0.405 e. The van der Waals surface area contributed by atoms with E-state index in [1.807, 2.05) is 24.1 Å². The molecule has 2 saturated heterocycles. The molecule has 0 saturated carbocycles. The molecular formula is C42H48N8O4. The van der Waals surface area contributed by atoms with Crippen molar-refractivity contribution in [1.82, 2.24) is 40.0 Å². The number of aromatic nitrogens is 4. The maximum absolute atomic E-state index is 13.7. The minimum absolute atomic E-state index is 0.0410. The summed E-state index contributed by atoms with van der Waals surface area (Å²) in [5.41, 5.74) is 6.51. The highest BCUT2D eigenvalue weighted by Crippen LogP contribution is 2.35. The molecule has 3 aromatic carbocycles. The van der Waals surface area contributed by atoms with Gasteiger partial charge in [-0.05, 0) is 73.5 Å². The minimum Gasteiger partial charge on any atom is -0.465 e. The third-order valence-electron chi connectivity index (χ3n) is 11.0. The maximum Gasteiger partial charge on any atom is 0.405 e. The summed E-state index contributed by atoms with van der Waals surface area (Å²) in [4.78, 5) is 61.0. The summed E-state index contributed by atoms with van der Waals surface area (Å²) in [7, 11) is 0. The van der Waals surface area contributed by atoms with E-state index in [0.717, 1.165) is 84.8 Å². The van der Waals surface area contributed by atoms with Gasteiger partial charge in [0, 0.05) is 13.1 Å². The van der Waals surface area contributed by atoms with Gasteiger partial charge in [0.2, 0.25) is 5.91 Å². The average molecular weight is 729 g/mol. The van der Waals surface area contributed by atoms with Crippen molar-refractivity contribution in [3.63, 3.8) is 0 Å². The highest BCUT2D eigenvalue weighted by Gasteiger charge is 2.37. The molecule has 5 aromatic rings. The Kier molecular flexibility index (Phi) is 10.9. The Morgan fingerprint density at radius 3 is 1.67 bits per heavy atom. The van der Waals surface area contributed by atoms with Gasteiger partial charge in [-0.2, -0.15) is 0 Å². The Hall–Kier alpha value is -5.75. The summed E-state index contributed by atoms with van der Waals surface area (Å²) in [6, 6.07) is 24.1. The van der Waals surface area contributed by atoms with Crippen LogP contribution in [0.15, 0.2) is 91.3 Å². The number of nitrogens with one attached hydrogen (secondary N) is 3. The van der Waals surface area contributed by atoms with E-state index in [-0.39, 0.29) is 29.9 Å². The number of amides is 3. The quantitative estimate of drug-likeness (QED) is 0.106. The molecule has 0 aliphatic carbocycles. The molecule has 54 heavy (non-hydrogen) atoms. The predicted octanol–water partition coefficient (Wildman–Crippen LogP) is 7.20. The number of carbonyl (C=O) groups excluding carboxylic acids is 2. The van der Waals surface area contributed by atoms with Crippen LogP contribution in [-0.2, 0) is 9.59 Å². The van der Waals surface area contributed by atoms with Gasteiger partial charge in [-0.3, -0.25) is 14.5 Å². The second kappa shape index (κ2) is 16.1. The number of likely N-dealkylation sites (tertiary alicyclic amines) is 2. The van der Waals surface area contributed by atoms with Crippen LogP contribution >= 0.6 is 0 Å². The lowest BCUT2D eigenvalue weighted by Crippen LogP contribution is -2.46. The second-order valence-electron chi connectivity index (χ2n) is 14.1. The number of aromatic amines is 2. The zero-order valence-electron chi connectivity index (χ0n) is 31.0. The van der Waals surface area contributed by atoms with Crippen LogP contribution in [-0.4, -0.2) is 89.9 Å². The molecular weight excluding hydrogens is 681 g/mol. The lowest BCUT2D eigenvalue weighted by atomic mass is 10.0. The molecule has 2 aliphatic heterocycles. The molecule has 0 unspecified atom stereocenters. The van der Waals surface area contributed by atoms with Crippen LogP contribution in [0.25, 0.3) is 33.6 Å². The van der Waals surface area contributed by atoms with Crippen molar-refractivity contribution in [3.05, 3.63) is 108 Å². The van der Waals surface area contributed by atoms with Gasteiger partial charge in [0.25, 0.3) is 5.91 Å². The number of likely N-dealkylation sites (N-methyl/N-ethyl adjacent to an activating group) is 1. The summed E-state index contributed by atoms with van der Waals surface area (Å²) >= 11 is 0. The van der Waals surface area contributed by atoms with E-state index in [4.69, 9.17) is 4.98 Å². The van der Waals surface area contributed by atoms with Crippen LogP contribution in [0.2, 0.25) is 0 Å². The van der Waals surface area contributed by atoms with E-state index in [1.54, 1.807) is 35.4 Å². The number of carbonyl (C=O) groups is 3. The van der Waals surface area contributed by atoms with E-state index in [9.17, 15) is 19.5 Å². The van der Waals surface area contributed by atoms with Crippen molar-refractivity contribution in [2.45, 2.75) is 70.6 Å². The SMILES string of the molecule is CCN(CC)[C@H](C)C(=O)N1CCC[C@H]1c1ncc(-c2ccc(-c3ccc(-c4cnc([C@@H]5CCCN5C(=O)[C@H](NC(=O)O)c5ccccc5)[nH]4)cc3)cc2)[nH]1. The fourth-order valence-electron chi connectivity index (χ4n) is 8.01. The fourth-order valence-corrected chi connectivity index (χ4v) is 8.01. The molecule has 2 fully saturated rings. The molecule has 2 aromatic heterocycles. The molecule has 4 N–H and O–H groups in total. The van der Waals surface area contributed by atoms with Crippen molar-refractivity contribution in [2.24, 2.45) is 0 Å². The molecule has 7 rings (SSSR count). The van der Waals surface area contributed by atoms with Crippen molar-refractivity contribution in [3.8, 4) is 33.6 Å². The molecule has 12 nitrogen and oxygen atoms in total. The van der Waals surface area contributed by atoms with Gasteiger partial charge in [0.05, 0.1) is 41.9 Å². The third-order valence-corrected chi connectivity index (χ3v) is 11.0. The van der Waals surface area contributed by atoms with Gasteiger partial charge < -0.3 is 30.2 Å². The first-order valence-electron chi connectivity index (χ1n) is 19.0. The van der Waals surface area contributed by atoms with Crippen molar-refractivity contribution >= 4 is 17.9 Å². The van der Waals surface area contributed by atoms with Gasteiger partial charge in [-0.25, -0.2) is 14.8 Å². The Morgan fingerprint density at radius 1 is 0.741 bits per heavy atom. The second-order valence-corrected chi connectivity index (χ2v) is 14.1. The summed E-state index contributed by atoms with van der Waals surface area (Å²) in [5, 5.41) is 11.9. The summed E-state index contributed by atoms with van der Waals surface area (Å²) in [6.07, 6.45) is 5.80. The lowest BCUT2D eigenvalue weighted by molar-refractivity contribution is -0.137. The predicted molar refractivity (Wildman–Crippen MR) is 207 cm³/mol. The monoisotopic (exact) mass is 728 g/mol. The summed E-state index contributed by atoms with van der Waals surface area (Å²) in [6.45, 7) is 9.16. The maximum atomic E-state index is 13.7.